The minimum absolute atomic E-state index is 0.0328. The summed E-state index contributed by atoms with van der Waals surface area (Å²) in [5.41, 5.74) is 1.90. The maximum Gasteiger partial charge on any atom is 0.301 e. The standard InChI is InChI=1S/C26H17BrClN3O4S2/c27-17-7-3-16(4-8-17)22(33)20-21(15-5-11-19(32)12-6-15)31(24(35)23(20)34)25-29-30-26(37-25)36-13-14-1-9-18(28)10-2-14/h1-12,21,32-33H,13H2/b22-20-. The lowest BCUT2D eigenvalue weighted by Crippen LogP contribution is -2.29. The Hall–Kier alpha value is -3.18. The number of halogens is 2. The third kappa shape index (κ3) is 5.28. The van der Waals surface area contributed by atoms with Gasteiger partial charge in [-0.15, -0.1) is 10.2 Å². The molecule has 0 saturated carbocycles. The number of hydrogen-bond donors (Lipinski definition) is 2. The fourth-order valence-corrected chi connectivity index (χ4v) is 6.06. The average Bonchev–Trinajstić information content (AvgIpc) is 3.46. The summed E-state index contributed by atoms with van der Waals surface area (Å²) < 4.78 is 1.42. The van der Waals surface area contributed by atoms with Crippen LogP contribution in [0, 0.1) is 0 Å². The second-order valence-corrected chi connectivity index (χ2v) is 11.6. The first kappa shape index (κ1) is 25.5. The molecule has 0 spiro atoms. The van der Waals surface area contributed by atoms with Gasteiger partial charge in [0.05, 0.1) is 11.6 Å². The van der Waals surface area contributed by atoms with Crippen LogP contribution in [0.25, 0.3) is 5.76 Å². The molecule has 1 aliphatic heterocycles. The van der Waals surface area contributed by atoms with Crippen molar-refractivity contribution in [3.05, 3.63) is 105 Å². The molecule has 1 fully saturated rings. The van der Waals surface area contributed by atoms with Crippen molar-refractivity contribution in [2.45, 2.75) is 16.1 Å². The van der Waals surface area contributed by atoms with Gasteiger partial charge in [-0.05, 0) is 47.5 Å². The number of aliphatic hydroxyl groups is 1. The predicted molar refractivity (Wildman–Crippen MR) is 148 cm³/mol. The first-order valence-electron chi connectivity index (χ1n) is 10.9. The molecule has 1 aromatic heterocycles. The Balaban J connectivity index is 1.53. The van der Waals surface area contributed by atoms with Gasteiger partial charge in [0.25, 0.3) is 5.78 Å². The van der Waals surface area contributed by atoms with E-state index in [-0.39, 0.29) is 22.2 Å². The number of nitrogens with zero attached hydrogens (tertiary/aromatic N) is 3. The molecule has 186 valence electrons. The second-order valence-electron chi connectivity index (χ2n) is 8.03. The maximum absolute atomic E-state index is 13.3. The summed E-state index contributed by atoms with van der Waals surface area (Å²) >= 11 is 11.9. The predicted octanol–water partition coefficient (Wildman–Crippen LogP) is 6.58. The molecule has 1 unspecified atom stereocenters. The number of phenols is 1. The number of anilines is 1. The quantitative estimate of drug-likeness (QED) is 0.0832. The molecule has 0 radical (unpaired) electrons. The van der Waals surface area contributed by atoms with Gasteiger partial charge in [-0.25, -0.2) is 0 Å². The lowest BCUT2D eigenvalue weighted by molar-refractivity contribution is -0.132. The number of benzene rings is 3. The normalized spacial score (nSPS) is 16.9. The second kappa shape index (κ2) is 10.7. The maximum atomic E-state index is 13.3. The number of ketones is 1. The molecule has 1 aliphatic rings. The van der Waals surface area contributed by atoms with E-state index in [0.29, 0.717) is 26.2 Å². The number of aromatic nitrogens is 2. The summed E-state index contributed by atoms with van der Waals surface area (Å²) in [6.45, 7) is 0. The highest BCUT2D eigenvalue weighted by atomic mass is 79.9. The number of aliphatic hydroxyl groups excluding tert-OH is 1. The molecular formula is C26H17BrClN3O4S2. The molecule has 2 heterocycles. The van der Waals surface area contributed by atoms with Crippen molar-refractivity contribution in [1.82, 2.24) is 10.2 Å². The average molecular weight is 615 g/mol. The number of carbonyl (C=O) groups is 2. The number of Topliss-reactive ketones (excluding diaryl/α,β-unsaturated/α-hetero) is 1. The zero-order chi connectivity index (χ0) is 26.1. The smallest absolute Gasteiger partial charge is 0.301 e. The summed E-state index contributed by atoms with van der Waals surface area (Å²) in [7, 11) is 0. The number of phenolic OH excluding ortho intramolecular Hbond substituents is 1. The van der Waals surface area contributed by atoms with E-state index in [9.17, 15) is 19.8 Å². The topological polar surface area (TPSA) is 104 Å². The Morgan fingerprint density at radius 1 is 1.00 bits per heavy atom. The van der Waals surface area contributed by atoms with Gasteiger partial charge in [-0.1, -0.05) is 87.0 Å². The van der Waals surface area contributed by atoms with E-state index in [2.05, 4.69) is 26.1 Å². The molecule has 1 amide bonds. The van der Waals surface area contributed by atoms with E-state index in [1.807, 2.05) is 24.3 Å². The van der Waals surface area contributed by atoms with Crippen LogP contribution in [0.3, 0.4) is 0 Å². The molecule has 3 aromatic carbocycles. The molecule has 2 N–H and O–H groups in total. The van der Waals surface area contributed by atoms with Crippen molar-refractivity contribution in [3.8, 4) is 5.75 Å². The van der Waals surface area contributed by atoms with Crippen LogP contribution in [0.4, 0.5) is 5.13 Å². The highest BCUT2D eigenvalue weighted by Crippen LogP contribution is 2.44. The highest BCUT2D eigenvalue weighted by Gasteiger charge is 2.48. The number of amides is 1. The minimum Gasteiger partial charge on any atom is -0.508 e. The van der Waals surface area contributed by atoms with Crippen LogP contribution in [0.5, 0.6) is 5.75 Å². The molecule has 1 saturated heterocycles. The highest BCUT2D eigenvalue weighted by molar-refractivity contribution is 9.10. The summed E-state index contributed by atoms with van der Waals surface area (Å²) in [5, 5.41) is 30.2. The lowest BCUT2D eigenvalue weighted by Gasteiger charge is -2.22. The third-order valence-electron chi connectivity index (χ3n) is 5.65. The lowest BCUT2D eigenvalue weighted by atomic mass is 9.95. The number of thioether (sulfide) groups is 1. The van der Waals surface area contributed by atoms with Crippen LogP contribution in [0.1, 0.15) is 22.7 Å². The van der Waals surface area contributed by atoms with Crippen molar-refractivity contribution in [3.63, 3.8) is 0 Å². The third-order valence-corrected chi connectivity index (χ3v) is 8.56. The summed E-state index contributed by atoms with van der Waals surface area (Å²) in [4.78, 5) is 27.8. The van der Waals surface area contributed by atoms with Gasteiger partial charge in [-0.3, -0.25) is 14.5 Å². The van der Waals surface area contributed by atoms with E-state index < -0.39 is 17.7 Å². The largest absolute Gasteiger partial charge is 0.508 e. The van der Waals surface area contributed by atoms with Crippen LogP contribution in [-0.2, 0) is 15.3 Å². The molecule has 1 atom stereocenters. The number of aromatic hydroxyl groups is 1. The first-order valence-corrected chi connectivity index (χ1v) is 13.9. The zero-order valence-electron chi connectivity index (χ0n) is 18.8. The van der Waals surface area contributed by atoms with E-state index >= 15 is 0 Å². The number of hydrogen-bond acceptors (Lipinski definition) is 8. The molecule has 7 nitrogen and oxygen atoms in total. The Morgan fingerprint density at radius 2 is 1.68 bits per heavy atom. The first-order chi connectivity index (χ1) is 17.8. The van der Waals surface area contributed by atoms with Gasteiger partial charge in [0.1, 0.15) is 11.5 Å². The van der Waals surface area contributed by atoms with Crippen molar-refractivity contribution in [1.29, 1.82) is 0 Å². The number of carbonyl (C=O) groups excluding carboxylic acids is 2. The van der Waals surface area contributed by atoms with Crippen LogP contribution in [-0.4, -0.2) is 32.1 Å². The van der Waals surface area contributed by atoms with E-state index in [1.165, 1.54) is 40.1 Å². The number of rotatable bonds is 6. The van der Waals surface area contributed by atoms with Crippen LogP contribution >= 0.6 is 50.6 Å². The van der Waals surface area contributed by atoms with Gasteiger partial charge < -0.3 is 10.2 Å². The van der Waals surface area contributed by atoms with Crippen molar-refractivity contribution in [2.75, 3.05) is 4.90 Å². The zero-order valence-corrected chi connectivity index (χ0v) is 22.8. The van der Waals surface area contributed by atoms with Gasteiger partial charge >= 0.3 is 5.91 Å². The summed E-state index contributed by atoms with van der Waals surface area (Å²) in [6, 6.07) is 19.4. The Bertz CT molecular complexity index is 1510. The van der Waals surface area contributed by atoms with E-state index in [4.69, 9.17) is 11.6 Å². The van der Waals surface area contributed by atoms with Crippen LogP contribution < -0.4 is 4.90 Å². The molecule has 0 bridgehead atoms. The van der Waals surface area contributed by atoms with Crippen molar-refractivity contribution >= 4 is 73.2 Å². The summed E-state index contributed by atoms with van der Waals surface area (Å²) in [5.74, 6) is -1.29. The van der Waals surface area contributed by atoms with E-state index in [1.54, 1.807) is 36.4 Å². The van der Waals surface area contributed by atoms with Crippen molar-refractivity contribution < 1.29 is 19.8 Å². The van der Waals surface area contributed by atoms with Gasteiger partial charge in [-0.2, -0.15) is 0 Å². The van der Waals surface area contributed by atoms with E-state index in [0.717, 1.165) is 10.0 Å². The van der Waals surface area contributed by atoms with Gasteiger partial charge in [0, 0.05) is 20.8 Å². The Morgan fingerprint density at radius 3 is 2.35 bits per heavy atom. The van der Waals surface area contributed by atoms with Gasteiger partial charge in [0.15, 0.2) is 4.34 Å². The Labute approximate surface area is 233 Å². The molecule has 4 aromatic rings. The molecule has 11 heteroatoms. The fourth-order valence-electron chi connectivity index (χ4n) is 3.85. The summed E-state index contributed by atoms with van der Waals surface area (Å²) in [6.07, 6.45) is 0. The SMILES string of the molecule is O=C1C(=O)N(c2nnc(SCc3ccc(Cl)cc3)s2)C(c2ccc(O)cc2)/C1=C(/O)c1ccc(Br)cc1. The Kier molecular flexibility index (Phi) is 7.34. The van der Waals surface area contributed by atoms with Crippen LogP contribution in [0.15, 0.2) is 87.2 Å². The minimum atomic E-state index is -0.952. The molecular weight excluding hydrogens is 598 g/mol. The van der Waals surface area contributed by atoms with Crippen LogP contribution in [0.2, 0.25) is 5.02 Å². The molecule has 37 heavy (non-hydrogen) atoms. The van der Waals surface area contributed by atoms with Crippen molar-refractivity contribution in [2.24, 2.45) is 0 Å². The van der Waals surface area contributed by atoms with Gasteiger partial charge in [0.2, 0.25) is 5.13 Å². The molecule has 0 aliphatic carbocycles. The fraction of sp³-hybridized carbons (Fsp3) is 0.0769. The monoisotopic (exact) mass is 613 g/mol. The molecule has 5 rings (SSSR count).